The van der Waals surface area contributed by atoms with Crippen LogP contribution in [0.3, 0.4) is 0 Å². The van der Waals surface area contributed by atoms with Gasteiger partial charge in [-0.3, -0.25) is 28.8 Å². The summed E-state index contributed by atoms with van der Waals surface area (Å²) < 4.78 is 0. The van der Waals surface area contributed by atoms with Crippen LogP contribution in [-0.4, -0.2) is 97.0 Å². The largest absolute Gasteiger partial charge is 0.508 e. The zero-order chi connectivity index (χ0) is 40.1. The van der Waals surface area contributed by atoms with E-state index >= 15 is 0 Å². The second kappa shape index (κ2) is 19.8. The van der Waals surface area contributed by atoms with Crippen molar-refractivity contribution >= 4 is 35.5 Å². The molecule has 0 saturated carbocycles. The molecule has 0 radical (unpaired) electrons. The highest BCUT2D eigenvalue weighted by Crippen LogP contribution is 2.14. The fourth-order valence-corrected chi connectivity index (χ4v) is 5.36. The molecule has 0 aliphatic heterocycles. The Balaban J connectivity index is 1.85. The fourth-order valence-electron chi connectivity index (χ4n) is 5.36. The maximum atomic E-state index is 14.0. The standard InChI is InChI=1S/C37H50N8O9/c1-19(2)30(35(51)41-21(5)37(53)54)45-34(50)28(15-23-8-12-26(47)13-9-23)42-33(49)29(16-24-17-39-18-40-24)43-36(52)31(20(3)4)44-32(48)27(38)14-22-6-10-25(46)11-7-22/h6-13,17-21,27-31,46-47H,14-16,38H2,1-5H3,(H,39,40)(H,41,51)(H,42,49)(H,43,52)(H,44,48)(H,45,50)(H,53,54)/t21-,27+,28+,29+,30+,31+/m1/s1. The van der Waals surface area contributed by atoms with Crippen molar-refractivity contribution < 1.29 is 44.1 Å². The number of carbonyl (C=O) groups excluding carboxylic acids is 5. The van der Waals surface area contributed by atoms with Crippen molar-refractivity contribution in [2.24, 2.45) is 17.6 Å². The van der Waals surface area contributed by atoms with Crippen molar-refractivity contribution in [3.05, 3.63) is 77.9 Å². The maximum absolute atomic E-state index is 14.0. The van der Waals surface area contributed by atoms with Gasteiger partial charge in [-0.05, 0) is 60.6 Å². The summed E-state index contributed by atoms with van der Waals surface area (Å²) in [6.07, 6.45) is 2.80. The topological polar surface area (TPSA) is 278 Å². The number of hydrogen-bond donors (Lipinski definition) is 10. The first kappa shape index (κ1) is 42.4. The highest BCUT2D eigenvalue weighted by atomic mass is 16.4. The summed E-state index contributed by atoms with van der Waals surface area (Å²) >= 11 is 0. The number of nitrogens with zero attached hydrogens (tertiary/aromatic N) is 1. The number of phenolic OH excluding ortho intramolecular Hbond substituents is 2. The number of rotatable bonds is 19. The van der Waals surface area contributed by atoms with Crippen LogP contribution in [0.4, 0.5) is 0 Å². The second-order valence-corrected chi connectivity index (χ2v) is 13.8. The first-order valence-electron chi connectivity index (χ1n) is 17.5. The summed E-state index contributed by atoms with van der Waals surface area (Å²) in [5.41, 5.74) is 7.86. The van der Waals surface area contributed by atoms with E-state index in [1.807, 2.05) is 0 Å². The summed E-state index contributed by atoms with van der Waals surface area (Å²) in [5.74, 6) is -5.75. The Morgan fingerprint density at radius 1 is 0.630 bits per heavy atom. The van der Waals surface area contributed by atoms with E-state index in [2.05, 4.69) is 36.6 Å². The predicted octanol–water partition coefficient (Wildman–Crippen LogP) is 0.0166. The molecule has 0 fully saturated rings. The van der Waals surface area contributed by atoms with Gasteiger partial charge in [0.2, 0.25) is 29.5 Å². The lowest BCUT2D eigenvalue weighted by Crippen LogP contribution is -2.61. The van der Waals surface area contributed by atoms with Crippen LogP contribution in [0.15, 0.2) is 61.1 Å². The van der Waals surface area contributed by atoms with Crippen LogP contribution >= 0.6 is 0 Å². The number of carbonyl (C=O) groups is 6. The van der Waals surface area contributed by atoms with Crippen LogP contribution in [0.25, 0.3) is 0 Å². The molecule has 0 bridgehead atoms. The normalized spacial score (nSPS) is 14.5. The molecule has 1 aromatic heterocycles. The average Bonchev–Trinajstić information content (AvgIpc) is 3.63. The summed E-state index contributed by atoms with van der Waals surface area (Å²) in [6.45, 7) is 8.00. The maximum Gasteiger partial charge on any atom is 0.325 e. The van der Waals surface area contributed by atoms with Gasteiger partial charge in [-0.15, -0.1) is 0 Å². The molecule has 0 saturated heterocycles. The molecule has 292 valence electrons. The number of phenols is 2. The Bertz CT molecular complexity index is 1730. The van der Waals surface area contributed by atoms with Crippen molar-refractivity contribution in [3.8, 4) is 11.5 Å². The Labute approximate surface area is 312 Å². The van der Waals surface area contributed by atoms with Crippen molar-refractivity contribution in [1.29, 1.82) is 0 Å². The number of aromatic amines is 1. The molecule has 54 heavy (non-hydrogen) atoms. The monoisotopic (exact) mass is 750 g/mol. The van der Waals surface area contributed by atoms with Gasteiger partial charge in [0, 0.05) is 24.7 Å². The number of nitrogens with one attached hydrogen (secondary N) is 6. The van der Waals surface area contributed by atoms with Crippen LogP contribution in [0, 0.1) is 11.8 Å². The third-order valence-corrected chi connectivity index (χ3v) is 8.57. The average molecular weight is 751 g/mol. The van der Waals surface area contributed by atoms with Crippen molar-refractivity contribution in [2.75, 3.05) is 0 Å². The highest BCUT2D eigenvalue weighted by molar-refractivity contribution is 5.96. The van der Waals surface area contributed by atoms with Gasteiger partial charge in [0.25, 0.3) is 0 Å². The number of aliphatic carboxylic acids is 1. The second-order valence-electron chi connectivity index (χ2n) is 13.8. The van der Waals surface area contributed by atoms with E-state index in [1.165, 1.54) is 43.7 Å². The number of imidazole rings is 1. The highest BCUT2D eigenvalue weighted by Gasteiger charge is 2.34. The molecule has 0 aliphatic rings. The minimum Gasteiger partial charge on any atom is -0.508 e. The molecule has 3 aromatic rings. The summed E-state index contributed by atoms with van der Waals surface area (Å²) in [4.78, 5) is 86.0. The molecule has 17 nitrogen and oxygen atoms in total. The number of carboxylic acid groups (broad SMARTS) is 1. The molecular weight excluding hydrogens is 700 g/mol. The smallest absolute Gasteiger partial charge is 0.325 e. The van der Waals surface area contributed by atoms with Crippen molar-refractivity contribution in [2.45, 2.75) is 90.1 Å². The number of aromatic nitrogens is 2. The summed E-state index contributed by atoms with van der Waals surface area (Å²) in [7, 11) is 0. The third-order valence-electron chi connectivity index (χ3n) is 8.57. The quantitative estimate of drug-likeness (QED) is 0.0780. The lowest BCUT2D eigenvalue weighted by atomic mass is 9.99. The number of amides is 5. The van der Waals surface area contributed by atoms with E-state index < -0.39 is 83.6 Å². The zero-order valence-corrected chi connectivity index (χ0v) is 30.8. The lowest BCUT2D eigenvalue weighted by Gasteiger charge is -2.28. The van der Waals surface area contributed by atoms with E-state index in [9.17, 15) is 44.1 Å². The number of nitrogens with two attached hydrogens (primary N) is 1. The Hall–Kier alpha value is -5.97. The number of benzene rings is 2. The SMILES string of the molecule is CC(C)[C@H](NC(=O)[C@H](Cc1ccc(O)cc1)NC(=O)[C@H](Cc1cnc[nH]1)NC(=O)[C@@H](NC(=O)[C@@H](N)Cc1ccc(O)cc1)C(C)C)C(=O)N[C@H](C)C(=O)O. The van der Waals surface area contributed by atoms with Crippen LogP contribution < -0.4 is 32.3 Å². The molecule has 2 aromatic carbocycles. The zero-order valence-electron chi connectivity index (χ0n) is 30.8. The minimum absolute atomic E-state index is 0.0247. The molecule has 3 rings (SSSR count). The molecule has 0 spiro atoms. The number of aromatic hydroxyl groups is 2. The molecule has 6 atom stereocenters. The molecule has 17 heteroatoms. The predicted molar refractivity (Wildman–Crippen MR) is 197 cm³/mol. The number of carboxylic acids is 1. The minimum atomic E-state index is -1.31. The third kappa shape index (κ3) is 12.9. The lowest BCUT2D eigenvalue weighted by molar-refractivity contribution is -0.142. The molecule has 11 N–H and O–H groups in total. The van der Waals surface area contributed by atoms with E-state index in [-0.39, 0.29) is 30.8 Å². The van der Waals surface area contributed by atoms with Gasteiger partial charge in [-0.25, -0.2) is 4.98 Å². The molecule has 0 unspecified atom stereocenters. The Morgan fingerprint density at radius 2 is 1.07 bits per heavy atom. The van der Waals surface area contributed by atoms with Crippen molar-refractivity contribution in [1.82, 2.24) is 36.6 Å². The van der Waals surface area contributed by atoms with Gasteiger partial charge >= 0.3 is 5.97 Å². The van der Waals surface area contributed by atoms with Gasteiger partial charge in [0.05, 0.1) is 12.4 Å². The van der Waals surface area contributed by atoms with E-state index in [1.54, 1.807) is 52.0 Å². The summed E-state index contributed by atoms with van der Waals surface area (Å²) in [6, 6.07) is 4.94. The van der Waals surface area contributed by atoms with Crippen LogP contribution in [-0.2, 0) is 48.0 Å². The molecule has 5 amide bonds. The Morgan fingerprint density at radius 3 is 1.56 bits per heavy atom. The van der Waals surface area contributed by atoms with E-state index in [0.717, 1.165) is 0 Å². The van der Waals surface area contributed by atoms with E-state index in [4.69, 9.17) is 5.73 Å². The first-order chi connectivity index (χ1) is 25.4. The number of hydrogen-bond acceptors (Lipinski definition) is 10. The van der Waals surface area contributed by atoms with Gasteiger partial charge in [-0.2, -0.15) is 0 Å². The van der Waals surface area contributed by atoms with E-state index in [0.29, 0.717) is 16.8 Å². The van der Waals surface area contributed by atoms with Gasteiger partial charge in [-0.1, -0.05) is 52.0 Å². The van der Waals surface area contributed by atoms with Crippen LogP contribution in [0.5, 0.6) is 11.5 Å². The van der Waals surface area contributed by atoms with Gasteiger partial charge < -0.3 is 52.6 Å². The molecular formula is C37H50N8O9. The Kier molecular flexibility index (Phi) is 15.5. The number of H-pyrrole nitrogens is 1. The first-order valence-corrected chi connectivity index (χ1v) is 17.5. The van der Waals surface area contributed by atoms with Gasteiger partial charge in [0.1, 0.15) is 41.7 Å². The van der Waals surface area contributed by atoms with Crippen molar-refractivity contribution in [3.63, 3.8) is 0 Å². The molecule has 1 heterocycles. The van der Waals surface area contributed by atoms with Crippen LogP contribution in [0.2, 0.25) is 0 Å². The van der Waals surface area contributed by atoms with Gasteiger partial charge in [0.15, 0.2) is 0 Å². The molecule has 0 aliphatic carbocycles. The van der Waals surface area contributed by atoms with Crippen LogP contribution in [0.1, 0.15) is 51.4 Å². The fraction of sp³-hybridized carbons (Fsp3) is 0.432. The summed E-state index contributed by atoms with van der Waals surface area (Å²) in [5, 5.41) is 41.6.